The minimum atomic E-state index is -2.34. The number of thiocarbonyl (C=S) groups is 1. The third-order valence-electron chi connectivity index (χ3n) is 7.25. The van der Waals surface area contributed by atoms with Crippen LogP contribution in [0.5, 0.6) is 0 Å². The van der Waals surface area contributed by atoms with Gasteiger partial charge in [-0.3, -0.25) is 9.00 Å². The van der Waals surface area contributed by atoms with E-state index in [0.717, 1.165) is 59.2 Å². The van der Waals surface area contributed by atoms with Crippen molar-refractivity contribution < 1.29 is 9.00 Å². The highest BCUT2D eigenvalue weighted by atomic mass is 32.3. The fourth-order valence-electron chi connectivity index (χ4n) is 4.80. The predicted molar refractivity (Wildman–Crippen MR) is 153 cm³/mol. The summed E-state index contributed by atoms with van der Waals surface area (Å²) >= 11 is 5.21. The number of nitrogens with one attached hydrogen (secondary N) is 1. The lowest BCUT2D eigenvalue weighted by atomic mass is 10.0. The Morgan fingerprint density at radius 3 is 2.54 bits per heavy atom. The molecule has 0 atom stereocenters. The van der Waals surface area contributed by atoms with Crippen LogP contribution >= 0.6 is 12.2 Å². The van der Waals surface area contributed by atoms with E-state index in [1.54, 1.807) is 0 Å². The van der Waals surface area contributed by atoms with Crippen LogP contribution in [-0.4, -0.2) is 48.6 Å². The minimum absolute atomic E-state index is 0.00692. The van der Waals surface area contributed by atoms with E-state index in [-0.39, 0.29) is 17.2 Å². The fourth-order valence-corrected chi connectivity index (χ4v) is 6.61. The number of nitrogens with zero attached hydrogens (tertiary/aromatic N) is 2. The highest BCUT2D eigenvalue weighted by molar-refractivity contribution is 8.00. The molecule has 1 amide bonds. The predicted octanol–water partition coefficient (Wildman–Crippen LogP) is 4.90. The molecule has 6 nitrogen and oxygen atoms in total. The molecule has 0 aliphatic carbocycles. The maximum Gasteiger partial charge on any atom is 0.224 e. The number of carbonyl (C=O) groups excluding carboxylic acids is 1. The summed E-state index contributed by atoms with van der Waals surface area (Å²) in [5.41, 5.74) is 10.8. The number of anilines is 1. The normalized spacial score (nSPS) is 16.0. The van der Waals surface area contributed by atoms with Crippen LogP contribution in [0.4, 0.5) is 5.69 Å². The number of hydrogen-bond donors (Lipinski definition) is 3. The van der Waals surface area contributed by atoms with Crippen molar-refractivity contribution >= 4 is 49.8 Å². The van der Waals surface area contributed by atoms with Gasteiger partial charge >= 0.3 is 0 Å². The van der Waals surface area contributed by atoms with E-state index < -0.39 is 10.1 Å². The molecule has 1 fully saturated rings. The van der Waals surface area contributed by atoms with Crippen molar-refractivity contribution in [3.05, 3.63) is 54.2 Å². The second-order valence-corrected chi connectivity index (χ2v) is 13.7. The van der Waals surface area contributed by atoms with E-state index in [0.29, 0.717) is 11.4 Å². The van der Waals surface area contributed by atoms with E-state index in [4.69, 9.17) is 18.0 Å². The second kappa shape index (κ2) is 10.2. The standard InChI is InChI=1S/C27H36N4O2S2/c1-5-26(32)29-21-9-10-23-24(19-7-6-8-20(15-19)27(28)34)17-31(25(23)16-21)22-11-13-30(14-12-22)35(4,33)18(2)3/h6-10,15-18,22,35H,5,11-14H2,1-4H3,(H2,28,34)(H,29,32). The van der Waals surface area contributed by atoms with E-state index in [9.17, 15) is 9.00 Å². The lowest BCUT2D eigenvalue weighted by Crippen LogP contribution is -2.46. The quantitative estimate of drug-likeness (QED) is 0.311. The second-order valence-electron chi connectivity index (χ2n) is 9.75. The Labute approximate surface area is 214 Å². The summed E-state index contributed by atoms with van der Waals surface area (Å²) in [6, 6.07) is 14.4. The van der Waals surface area contributed by atoms with E-state index in [1.807, 2.05) is 51.3 Å². The average molecular weight is 513 g/mol. The molecule has 0 saturated carbocycles. The lowest BCUT2D eigenvalue weighted by Gasteiger charge is -2.41. The summed E-state index contributed by atoms with van der Waals surface area (Å²) < 4.78 is 17.8. The molecule has 1 aromatic heterocycles. The molecule has 2 aromatic carbocycles. The summed E-state index contributed by atoms with van der Waals surface area (Å²) in [4.78, 5) is 12.4. The first-order valence-corrected chi connectivity index (χ1v) is 14.9. The van der Waals surface area contributed by atoms with Crippen molar-refractivity contribution in [2.24, 2.45) is 5.73 Å². The SMILES string of the molecule is CCC(=O)Nc1ccc2c(-c3cccc(C(N)=S)c3)cn(C3CCN([SH](C)(=O)C(C)C)CC3)c2c1. The molecule has 0 unspecified atom stereocenters. The van der Waals surface area contributed by atoms with Gasteiger partial charge < -0.3 is 15.6 Å². The molecule has 0 radical (unpaired) electrons. The molecule has 1 aliphatic heterocycles. The fraction of sp³-hybridized carbons (Fsp3) is 0.407. The Hall–Kier alpha value is -2.55. The topological polar surface area (TPSA) is 80.4 Å². The molecule has 0 bridgehead atoms. The van der Waals surface area contributed by atoms with E-state index >= 15 is 0 Å². The van der Waals surface area contributed by atoms with Gasteiger partial charge in [-0.1, -0.05) is 67.4 Å². The van der Waals surface area contributed by atoms with Crippen LogP contribution in [0, 0.1) is 0 Å². The van der Waals surface area contributed by atoms with Gasteiger partial charge in [-0.05, 0) is 36.6 Å². The van der Waals surface area contributed by atoms with Crippen molar-refractivity contribution in [1.29, 1.82) is 0 Å². The molecular weight excluding hydrogens is 476 g/mol. The minimum Gasteiger partial charge on any atom is -0.389 e. The monoisotopic (exact) mass is 512 g/mol. The maximum absolute atomic E-state index is 13.2. The number of benzene rings is 2. The molecule has 188 valence electrons. The molecular formula is C27H36N4O2S2. The van der Waals surface area contributed by atoms with Gasteiger partial charge in [0.1, 0.15) is 4.99 Å². The van der Waals surface area contributed by atoms with E-state index in [1.165, 1.54) is 0 Å². The molecule has 1 aliphatic rings. The molecule has 3 aromatic rings. The van der Waals surface area contributed by atoms with Crippen molar-refractivity contribution in [2.45, 2.75) is 51.3 Å². The summed E-state index contributed by atoms with van der Waals surface area (Å²) in [5, 5.41) is 4.27. The largest absolute Gasteiger partial charge is 0.389 e. The van der Waals surface area contributed by atoms with Crippen LogP contribution in [0.2, 0.25) is 0 Å². The molecule has 4 rings (SSSR count). The van der Waals surface area contributed by atoms with Crippen molar-refractivity contribution in [3.8, 4) is 11.1 Å². The zero-order chi connectivity index (χ0) is 25.3. The summed E-state index contributed by atoms with van der Waals surface area (Å²) in [5.74, 6) is -0.00692. The number of amides is 1. The number of hydrogen-bond acceptors (Lipinski definition) is 3. The van der Waals surface area contributed by atoms with Crippen LogP contribution in [0.3, 0.4) is 0 Å². The third kappa shape index (κ3) is 5.20. The number of carbonyl (C=O) groups is 1. The van der Waals surface area contributed by atoms with Crippen LogP contribution < -0.4 is 11.1 Å². The summed E-state index contributed by atoms with van der Waals surface area (Å²) in [6.45, 7) is 7.57. The number of rotatable bonds is 7. The first kappa shape index (κ1) is 25.5. The third-order valence-corrected chi connectivity index (χ3v) is 10.9. The maximum atomic E-state index is 13.2. The summed E-state index contributed by atoms with van der Waals surface area (Å²) in [7, 11) is -2.34. The van der Waals surface area contributed by atoms with Gasteiger partial charge in [-0.15, -0.1) is 0 Å². The van der Waals surface area contributed by atoms with Gasteiger partial charge in [0.05, 0.1) is 5.52 Å². The highest BCUT2D eigenvalue weighted by Gasteiger charge is 2.29. The number of piperidine rings is 1. The number of thiol groups is 1. The van der Waals surface area contributed by atoms with Crippen LogP contribution in [0.25, 0.3) is 22.0 Å². The van der Waals surface area contributed by atoms with Gasteiger partial charge in [0.2, 0.25) is 5.91 Å². The number of aromatic nitrogens is 1. The lowest BCUT2D eigenvalue weighted by molar-refractivity contribution is -0.115. The van der Waals surface area contributed by atoms with Gasteiger partial charge in [-0.25, -0.2) is 4.31 Å². The van der Waals surface area contributed by atoms with Crippen molar-refractivity contribution in [2.75, 3.05) is 24.7 Å². The van der Waals surface area contributed by atoms with Crippen LogP contribution in [0.1, 0.15) is 51.6 Å². The zero-order valence-corrected chi connectivity index (χ0v) is 22.7. The van der Waals surface area contributed by atoms with Crippen LogP contribution in [-0.2, 0) is 14.9 Å². The Morgan fingerprint density at radius 2 is 1.91 bits per heavy atom. The molecule has 35 heavy (non-hydrogen) atoms. The van der Waals surface area contributed by atoms with E-state index in [2.05, 4.69) is 38.6 Å². The van der Waals surface area contributed by atoms with Crippen LogP contribution in [0.15, 0.2) is 48.7 Å². The van der Waals surface area contributed by atoms with Gasteiger partial charge in [0.15, 0.2) is 0 Å². The molecule has 0 spiro atoms. The average Bonchev–Trinajstić information content (AvgIpc) is 3.23. The van der Waals surface area contributed by atoms with Crippen molar-refractivity contribution in [1.82, 2.24) is 8.87 Å². The summed E-state index contributed by atoms with van der Waals surface area (Å²) in [6.07, 6.45) is 6.40. The van der Waals surface area contributed by atoms with Gasteiger partial charge in [-0.2, -0.15) is 0 Å². The zero-order valence-electron chi connectivity index (χ0n) is 21.0. The van der Waals surface area contributed by atoms with Gasteiger partial charge in [0, 0.05) is 65.5 Å². The Balaban J connectivity index is 1.75. The number of fused-ring (bicyclic) bond motifs is 1. The Bertz CT molecular complexity index is 1310. The molecule has 8 heteroatoms. The van der Waals surface area contributed by atoms with Gasteiger partial charge in [0.25, 0.3) is 0 Å². The Kier molecular flexibility index (Phi) is 7.45. The molecule has 2 heterocycles. The first-order valence-electron chi connectivity index (χ1n) is 12.3. The smallest absolute Gasteiger partial charge is 0.224 e. The molecule has 1 saturated heterocycles. The highest BCUT2D eigenvalue weighted by Crippen LogP contribution is 2.37. The first-order chi connectivity index (χ1) is 16.6. The Morgan fingerprint density at radius 1 is 1.20 bits per heavy atom. The number of nitrogens with two attached hydrogens (primary N) is 1. The van der Waals surface area contributed by atoms with Crippen molar-refractivity contribution in [3.63, 3.8) is 0 Å². The molecule has 3 N–H and O–H groups in total.